The van der Waals surface area contributed by atoms with Gasteiger partial charge in [0.1, 0.15) is 11.9 Å². The number of hydrogen-bond acceptors (Lipinski definition) is 2. The molecule has 1 N–H and O–H groups in total. The quantitative estimate of drug-likeness (QED) is 0.789. The molecule has 0 aliphatic carbocycles. The molecule has 1 unspecified atom stereocenters. The van der Waals surface area contributed by atoms with Gasteiger partial charge in [0, 0.05) is 11.4 Å². The molecule has 1 atom stereocenters. The van der Waals surface area contributed by atoms with E-state index in [9.17, 15) is 13.2 Å². The fourth-order valence-electron chi connectivity index (χ4n) is 2.13. The van der Waals surface area contributed by atoms with Crippen LogP contribution < -0.4 is 10.1 Å². The molecule has 0 aromatic heterocycles. The van der Waals surface area contributed by atoms with Crippen LogP contribution in [0.2, 0.25) is 5.02 Å². The van der Waals surface area contributed by atoms with Crippen LogP contribution in [0.4, 0.5) is 13.2 Å². The van der Waals surface area contributed by atoms with E-state index >= 15 is 0 Å². The van der Waals surface area contributed by atoms with Gasteiger partial charge in [0.05, 0.1) is 5.56 Å². The Hall–Kier alpha value is -1.72. The molecule has 2 nitrogen and oxygen atoms in total. The van der Waals surface area contributed by atoms with Crippen LogP contribution in [0.1, 0.15) is 23.7 Å². The summed E-state index contributed by atoms with van der Waals surface area (Å²) in [6.07, 6.45) is -3.93. The average Bonchev–Trinajstić information content (AvgIpc) is 2.52. The van der Waals surface area contributed by atoms with Gasteiger partial charge < -0.3 is 10.1 Å². The van der Waals surface area contributed by atoms with Crippen LogP contribution >= 0.6 is 11.6 Å². The minimum atomic E-state index is -4.35. The number of hydrogen-bond donors (Lipinski definition) is 1. The summed E-state index contributed by atoms with van der Waals surface area (Å²) in [5.74, 6) is 0.397. The van der Waals surface area contributed by atoms with E-state index in [1.807, 2.05) is 19.2 Å². The Balaban J connectivity index is 2.15. The Bertz CT molecular complexity index is 611. The van der Waals surface area contributed by atoms with Crippen molar-refractivity contribution in [2.45, 2.75) is 18.7 Å². The van der Waals surface area contributed by atoms with Crippen LogP contribution in [0.15, 0.2) is 48.5 Å². The van der Waals surface area contributed by atoms with Gasteiger partial charge in [-0.15, -0.1) is 0 Å². The van der Waals surface area contributed by atoms with Crippen molar-refractivity contribution in [1.82, 2.24) is 5.32 Å². The molecular weight excluding hydrogens is 327 g/mol. The first-order valence-corrected chi connectivity index (χ1v) is 7.52. The molecule has 0 spiro atoms. The van der Waals surface area contributed by atoms with Gasteiger partial charge in [0.25, 0.3) is 0 Å². The highest BCUT2D eigenvalue weighted by Gasteiger charge is 2.30. The van der Waals surface area contributed by atoms with Gasteiger partial charge in [-0.2, -0.15) is 13.2 Å². The van der Waals surface area contributed by atoms with Crippen LogP contribution in [0, 0.1) is 0 Å². The van der Waals surface area contributed by atoms with Gasteiger partial charge in [-0.1, -0.05) is 23.7 Å². The second-order valence-corrected chi connectivity index (χ2v) is 5.51. The number of alkyl halides is 3. The van der Waals surface area contributed by atoms with Crippen molar-refractivity contribution in [1.29, 1.82) is 0 Å². The second kappa shape index (κ2) is 7.70. The van der Waals surface area contributed by atoms with Crippen molar-refractivity contribution in [3.05, 3.63) is 64.7 Å². The molecular formula is C17H17ClF3NO. The van der Waals surface area contributed by atoms with Gasteiger partial charge in [-0.3, -0.25) is 0 Å². The van der Waals surface area contributed by atoms with Crippen molar-refractivity contribution in [3.8, 4) is 5.75 Å². The topological polar surface area (TPSA) is 21.3 Å². The molecule has 0 fully saturated rings. The number of halogens is 4. The van der Waals surface area contributed by atoms with Crippen LogP contribution in [0.5, 0.6) is 5.75 Å². The molecule has 0 aliphatic heterocycles. The SMILES string of the molecule is CNCCC(Oc1ccc(C(F)(F)F)cc1)c1ccc(Cl)cc1. The van der Waals surface area contributed by atoms with Crippen LogP contribution in [-0.2, 0) is 6.18 Å². The van der Waals surface area contributed by atoms with Gasteiger partial charge in [0.2, 0.25) is 0 Å². The molecule has 6 heteroatoms. The highest BCUT2D eigenvalue weighted by Crippen LogP contribution is 2.32. The van der Waals surface area contributed by atoms with E-state index in [4.69, 9.17) is 16.3 Å². The Morgan fingerprint density at radius 1 is 1.04 bits per heavy atom. The molecule has 124 valence electrons. The molecule has 0 bridgehead atoms. The van der Waals surface area contributed by atoms with E-state index in [0.717, 1.165) is 17.7 Å². The highest BCUT2D eigenvalue weighted by molar-refractivity contribution is 6.30. The third kappa shape index (κ3) is 5.15. The van der Waals surface area contributed by atoms with Crippen molar-refractivity contribution in [3.63, 3.8) is 0 Å². The molecule has 0 heterocycles. The first-order chi connectivity index (χ1) is 10.9. The fraction of sp³-hybridized carbons (Fsp3) is 0.294. The molecule has 0 saturated carbocycles. The van der Waals surface area contributed by atoms with Gasteiger partial charge in [-0.25, -0.2) is 0 Å². The summed E-state index contributed by atoms with van der Waals surface area (Å²) < 4.78 is 43.6. The Labute approximate surface area is 138 Å². The normalized spacial score (nSPS) is 12.9. The summed E-state index contributed by atoms with van der Waals surface area (Å²) in [7, 11) is 1.83. The maximum atomic E-state index is 12.6. The first-order valence-electron chi connectivity index (χ1n) is 7.14. The lowest BCUT2D eigenvalue weighted by atomic mass is 10.1. The third-order valence-electron chi connectivity index (χ3n) is 3.36. The lowest BCUT2D eigenvalue weighted by Gasteiger charge is -2.20. The summed E-state index contributed by atoms with van der Waals surface area (Å²) >= 11 is 5.88. The van der Waals surface area contributed by atoms with E-state index in [-0.39, 0.29) is 6.10 Å². The molecule has 2 rings (SSSR count). The van der Waals surface area contributed by atoms with E-state index in [0.29, 0.717) is 23.7 Å². The number of ether oxygens (including phenoxy) is 1. The summed E-state index contributed by atoms with van der Waals surface area (Å²) in [5.41, 5.74) is 0.229. The Morgan fingerprint density at radius 2 is 1.65 bits per heavy atom. The number of rotatable bonds is 6. The zero-order valence-electron chi connectivity index (χ0n) is 12.5. The molecule has 0 amide bonds. The van der Waals surface area contributed by atoms with E-state index < -0.39 is 11.7 Å². The largest absolute Gasteiger partial charge is 0.486 e. The summed E-state index contributed by atoms with van der Waals surface area (Å²) in [4.78, 5) is 0. The average molecular weight is 344 g/mol. The maximum absolute atomic E-state index is 12.6. The second-order valence-electron chi connectivity index (χ2n) is 5.07. The third-order valence-corrected chi connectivity index (χ3v) is 3.61. The van der Waals surface area contributed by atoms with Crippen molar-refractivity contribution < 1.29 is 17.9 Å². The Kier molecular flexibility index (Phi) is 5.91. The molecule has 2 aromatic carbocycles. The predicted molar refractivity (Wildman–Crippen MR) is 84.8 cm³/mol. The highest BCUT2D eigenvalue weighted by atomic mass is 35.5. The smallest absolute Gasteiger partial charge is 0.416 e. The zero-order valence-corrected chi connectivity index (χ0v) is 13.3. The zero-order chi connectivity index (χ0) is 16.9. The van der Waals surface area contributed by atoms with Crippen LogP contribution in [0.3, 0.4) is 0 Å². The van der Waals surface area contributed by atoms with Gasteiger partial charge >= 0.3 is 6.18 Å². The van der Waals surface area contributed by atoms with E-state index in [1.54, 1.807) is 12.1 Å². The summed E-state index contributed by atoms with van der Waals surface area (Å²) in [6.45, 7) is 0.716. The standard InChI is InChI=1S/C17H17ClF3NO/c1-22-11-10-16(12-2-6-14(18)7-3-12)23-15-8-4-13(5-9-15)17(19,20)21/h2-9,16,22H,10-11H2,1H3. The van der Waals surface area contributed by atoms with Crippen molar-refractivity contribution in [2.24, 2.45) is 0 Å². The lowest BCUT2D eigenvalue weighted by molar-refractivity contribution is -0.137. The van der Waals surface area contributed by atoms with Crippen LogP contribution in [0.25, 0.3) is 0 Å². The Morgan fingerprint density at radius 3 is 2.17 bits per heavy atom. The lowest BCUT2D eigenvalue weighted by Crippen LogP contribution is -2.16. The monoisotopic (exact) mass is 343 g/mol. The first kappa shape index (κ1) is 17.6. The van der Waals surface area contributed by atoms with Crippen LogP contribution in [-0.4, -0.2) is 13.6 Å². The fourth-order valence-corrected chi connectivity index (χ4v) is 2.26. The van der Waals surface area contributed by atoms with Gasteiger partial charge in [-0.05, 0) is 55.6 Å². The van der Waals surface area contributed by atoms with E-state index in [1.165, 1.54) is 12.1 Å². The van der Waals surface area contributed by atoms with Gasteiger partial charge in [0.15, 0.2) is 0 Å². The summed E-state index contributed by atoms with van der Waals surface area (Å²) in [6, 6.07) is 12.0. The molecule has 0 aliphatic rings. The minimum absolute atomic E-state index is 0.267. The molecule has 2 aromatic rings. The van der Waals surface area contributed by atoms with Crippen molar-refractivity contribution >= 4 is 11.6 Å². The molecule has 0 saturated heterocycles. The number of nitrogens with one attached hydrogen (secondary N) is 1. The van der Waals surface area contributed by atoms with Crippen molar-refractivity contribution in [2.75, 3.05) is 13.6 Å². The molecule has 23 heavy (non-hydrogen) atoms. The molecule has 0 radical (unpaired) electrons. The number of benzene rings is 2. The predicted octanol–water partition coefficient (Wildman–Crippen LogP) is 5.09. The summed E-state index contributed by atoms with van der Waals surface area (Å²) in [5, 5.41) is 3.66. The minimum Gasteiger partial charge on any atom is -0.486 e. The van der Waals surface area contributed by atoms with E-state index in [2.05, 4.69) is 5.32 Å². The maximum Gasteiger partial charge on any atom is 0.416 e.